The number of carbonyl (C=O) groups is 1. The van der Waals surface area contributed by atoms with Gasteiger partial charge in [0.2, 0.25) is 0 Å². The van der Waals surface area contributed by atoms with Crippen LogP contribution in [0.4, 0.5) is 5.69 Å². The van der Waals surface area contributed by atoms with E-state index in [1.165, 1.54) is 11.3 Å². The van der Waals surface area contributed by atoms with Crippen molar-refractivity contribution >= 4 is 11.6 Å². The molecule has 1 amide bonds. The van der Waals surface area contributed by atoms with E-state index in [0.717, 1.165) is 12.0 Å². The van der Waals surface area contributed by atoms with Crippen molar-refractivity contribution < 1.29 is 18.7 Å². The Hall–Kier alpha value is -3.41. The summed E-state index contributed by atoms with van der Waals surface area (Å²) in [6.07, 6.45) is 2.57. The molecule has 2 aromatic carbocycles. The number of methoxy groups -OCH3 is 2. The number of fused-ring (bicyclic) bond motifs is 1. The molecule has 1 aliphatic heterocycles. The van der Waals surface area contributed by atoms with Crippen LogP contribution in [0.25, 0.3) is 0 Å². The third-order valence-corrected chi connectivity index (χ3v) is 5.91. The van der Waals surface area contributed by atoms with Crippen molar-refractivity contribution in [3.8, 4) is 11.5 Å². The molecule has 2 atom stereocenters. The van der Waals surface area contributed by atoms with Crippen LogP contribution >= 0.6 is 0 Å². The van der Waals surface area contributed by atoms with E-state index < -0.39 is 0 Å². The first-order valence-electron chi connectivity index (χ1n) is 10.5. The van der Waals surface area contributed by atoms with Gasteiger partial charge in [0.1, 0.15) is 17.3 Å². The van der Waals surface area contributed by atoms with Gasteiger partial charge in [0.25, 0.3) is 5.91 Å². The van der Waals surface area contributed by atoms with Gasteiger partial charge in [0.05, 0.1) is 38.6 Å². The van der Waals surface area contributed by atoms with Gasteiger partial charge >= 0.3 is 0 Å². The second kappa shape index (κ2) is 8.76. The van der Waals surface area contributed by atoms with Crippen molar-refractivity contribution in [2.45, 2.75) is 38.9 Å². The van der Waals surface area contributed by atoms with Gasteiger partial charge in [-0.15, -0.1) is 0 Å². The first kappa shape index (κ1) is 20.8. The van der Waals surface area contributed by atoms with Crippen molar-refractivity contribution in [3.63, 3.8) is 0 Å². The Morgan fingerprint density at radius 3 is 2.77 bits per heavy atom. The summed E-state index contributed by atoms with van der Waals surface area (Å²) >= 11 is 0. The van der Waals surface area contributed by atoms with Crippen LogP contribution in [-0.4, -0.2) is 26.2 Å². The molecular weight excluding hydrogens is 392 g/mol. The summed E-state index contributed by atoms with van der Waals surface area (Å²) in [6, 6.07) is 15.8. The molecule has 162 valence electrons. The maximum absolute atomic E-state index is 13.1. The number of anilines is 1. The molecule has 0 saturated carbocycles. The number of nitrogens with zero attached hydrogens (tertiary/aromatic N) is 1. The third kappa shape index (κ3) is 4.10. The highest BCUT2D eigenvalue weighted by molar-refractivity contribution is 5.95. The van der Waals surface area contributed by atoms with E-state index in [4.69, 9.17) is 13.9 Å². The summed E-state index contributed by atoms with van der Waals surface area (Å²) in [5.74, 6) is 1.86. The van der Waals surface area contributed by atoms with E-state index in [9.17, 15) is 4.79 Å². The van der Waals surface area contributed by atoms with Crippen LogP contribution in [0, 0.1) is 0 Å². The molecule has 1 N–H and O–H groups in total. The Labute approximate surface area is 182 Å². The standard InChI is InChI=1S/C25H28N2O4/c1-16-13-18-7-5-6-8-22(18)27(16)15-24-21(11-12-31-24)25(28)26-17(2)20-10-9-19(29-3)14-23(20)30-4/h5-12,14,16-17H,13,15H2,1-4H3,(H,26,28). The van der Waals surface area contributed by atoms with Crippen LogP contribution in [0.3, 0.4) is 0 Å². The summed E-state index contributed by atoms with van der Waals surface area (Å²) in [5, 5.41) is 3.07. The summed E-state index contributed by atoms with van der Waals surface area (Å²) < 4.78 is 16.5. The number of furan rings is 1. The largest absolute Gasteiger partial charge is 0.497 e. The fourth-order valence-corrected chi connectivity index (χ4v) is 4.22. The first-order valence-corrected chi connectivity index (χ1v) is 10.5. The molecule has 2 heterocycles. The van der Waals surface area contributed by atoms with Crippen LogP contribution in [0.5, 0.6) is 11.5 Å². The molecule has 0 saturated heterocycles. The zero-order chi connectivity index (χ0) is 22.0. The molecule has 1 aromatic heterocycles. The Balaban J connectivity index is 1.51. The number of ether oxygens (including phenoxy) is 2. The van der Waals surface area contributed by atoms with E-state index >= 15 is 0 Å². The molecule has 0 radical (unpaired) electrons. The van der Waals surface area contributed by atoms with Gasteiger partial charge in [-0.3, -0.25) is 4.79 Å². The third-order valence-electron chi connectivity index (χ3n) is 5.91. The highest BCUT2D eigenvalue weighted by Crippen LogP contribution is 2.34. The Morgan fingerprint density at radius 1 is 1.19 bits per heavy atom. The molecule has 6 nitrogen and oxygen atoms in total. The van der Waals surface area contributed by atoms with Crippen molar-refractivity contribution in [2.75, 3.05) is 19.1 Å². The molecule has 6 heteroatoms. The van der Waals surface area contributed by atoms with Gasteiger partial charge in [-0.25, -0.2) is 0 Å². The SMILES string of the molecule is COc1ccc(C(C)NC(=O)c2ccoc2CN2c3ccccc3CC2C)c(OC)c1. The zero-order valence-corrected chi connectivity index (χ0v) is 18.3. The van der Waals surface area contributed by atoms with Crippen LogP contribution in [0.2, 0.25) is 0 Å². The Morgan fingerprint density at radius 2 is 2.00 bits per heavy atom. The molecule has 31 heavy (non-hydrogen) atoms. The second-order valence-corrected chi connectivity index (χ2v) is 7.87. The average Bonchev–Trinajstić information content (AvgIpc) is 3.37. The van der Waals surface area contributed by atoms with Gasteiger partial charge in [-0.05, 0) is 50.1 Å². The maximum Gasteiger partial charge on any atom is 0.255 e. The fourth-order valence-electron chi connectivity index (χ4n) is 4.22. The molecule has 3 aromatic rings. The molecule has 4 rings (SSSR count). The van der Waals surface area contributed by atoms with E-state index in [2.05, 4.69) is 35.3 Å². The summed E-state index contributed by atoms with van der Waals surface area (Å²) in [4.78, 5) is 15.4. The minimum atomic E-state index is -0.248. The van der Waals surface area contributed by atoms with Crippen LogP contribution in [-0.2, 0) is 13.0 Å². The minimum absolute atomic E-state index is 0.172. The van der Waals surface area contributed by atoms with Crippen molar-refractivity contribution in [3.05, 3.63) is 77.2 Å². The number of carbonyl (C=O) groups excluding carboxylic acids is 1. The minimum Gasteiger partial charge on any atom is -0.497 e. The topological polar surface area (TPSA) is 63.9 Å². The smallest absolute Gasteiger partial charge is 0.255 e. The number of amides is 1. The van der Waals surface area contributed by atoms with Gasteiger partial charge in [-0.2, -0.15) is 0 Å². The summed E-state index contributed by atoms with van der Waals surface area (Å²) in [5.41, 5.74) is 3.96. The Bertz CT molecular complexity index is 1070. The van der Waals surface area contributed by atoms with E-state index in [-0.39, 0.29) is 11.9 Å². The van der Waals surface area contributed by atoms with Gasteiger partial charge in [-0.1, -0.05) is 18.2 Å². The van der Waals surface area contributed by atoms with Gasteiger partial charge < -0.3 is 24.1 Å². The molecular formula is C25H28N2O4. The van der Waals surface area contributed by atoms with Crippen molar-refractivity contribution in [1.29, 1.82) is 0 Å². The number of rotatable bonds is 7. The molecule has 1 aliphatic rings. The molecule has 0 spiro atoms. The lowest BCUT2D eigenvalue weighted by atomic mass is 10.1. The highest BCUT2D eigenvalue weighted by Gasteiger charge is 2.28. The van der Waals surface area contributed by atoms with Crippen molar-refractivity contribution in [1.82, 2.24) is 5.32 Å². The second-order valence-electron chi connectivity index (χ2n) is 7.87. The normalized spacial score (nSPS) is 16.0. The van der Waals surface area contributed by atoms with E-state index in [1.54, 1.807) is 26.5 Å². The number of hydrogen-bond acceptors (Lipinski definition) is 5. The number of hydrogen-bond donors (Lipinski definition) is 1. The van der Waals surface area contributed by atoms with Crippen molar-refractivity contribution in [2.24, 2.45) is 0 Å². The fraction of sp³-hybridized carbons (Fsp3) is 0.320. The predicted octanol–water partition coefficient (Wildman–Crippen LogP) is 4.74. The van der Waals surface area contributed by atoms with Crippen LogP contribution < -0.4 is 19.7 Å². The van der Waals surface area contributed by atoms with Crippen LogP contribution in [0.1, 0.15) is 47.1 Å². The van der Waals surface area contributed by atoms with E-state index in [1.807, 2.05) is 31.2 Å². The molecule has 0 fully saturated rings. The molecule has 2 unspecified atom stereocenters. The highest BCUT2D eigenvalue weighted by atomic mass is 16.5. The van der Waals surface area contributed by atoms with E-state index in [0.29, 0.717) is 35.4 Å². The van der Waals surface area contributed by atoms with Crippen LogP contribution in [0.15, 0.2) is 59.2 Å². The lowest BCUT2D eigenvalue weighted by Crippen LogP contribution is -2.31. The Kier molecular flexibility index (Phi) is 5.89. The maximum atomic E-state index is 13.1. The summed E-state index contributed by atoms with van der Waals surface area (Å²) in [7, 11) is 3.22. The summed E-state index contributed by atoms with van der Waals surface area (Å²) in [6.45, 7) is 4.68. The van der Waals surface area contributed by atoms with Gasteiger partial charge in [0.15, 0.2) is 0 Å². The number of benzene rings is 2. The molecule has 0 aliphatic carbocycles. The lowest BCUT2D eigenvalue weighted by Gasteiger charge is -2.24. The number of nitrogens with one attached hydrogen (secondary N) is 1. The monoisotopic (exact) mass is 420 g/mol. The van der Waals surface area contributed by atoms with Gasteiger partial charge in [0, 0.05) is 23.4 Å². The zero-order valence-electron chi connectivity index (χ0n) is 18.3. The lowest BCUT2D eigenvalue weighted by molar-refractivity contribution is 0.0937. The quantitative estimate of drug-likeness (QED) is 0.598. The average molecular weight is 421 g/mol. The number of para-hydroxylation sites is 1. The predicted molar refractivity (Wildman–Crippen MR) is 120 cm³/mol. The molecule has 0 bridgehead atoms. The first-order chi connectivity index (χ1) is 15.0.